The van der Waals surface area contributed by atoms with Crippen LogP contribution in [0.5, 0.6) is 0 Å². The van der Waals surface area contributed by atoms with Gasteiger partial charge in [-0.3, -0.25) is 0 Å². The highest BCUT2D eigenvalue weighted by Gasteiger charge is 2.06. The molecular weight excluding hydrogens is 176 g/mol. The molecule has 0 aliphatic carbocycles. The molecule has 0 amide bonds. The summed E-state index contributed by atoms with van der Waals surface area (Å²) in [6, 6.07) is 0. The molecule has 2 saturated heterocycles. The first-order valence-electron chi connectivity index (χ1n) is 4.34. The van der Waals surface area contributed by atoms with Gasteiger partial charge in [0.15, 0.2) is 0 Å². The molecule has 0 aromatic heterocycles. The van der Waals surface area contributed by atoms with E-state index in [0.29, 0.717) is 20.0 Å². The Morgan fingerprint density at radius 1 is 0.846 bits per heavy atom. The predicted molar refractivity (Wildman–Crippen MR) is 43.3 cm³/mol. The molecule has 2 aliphatic heterocycles. The molecule has 76 valence electrons. The first kappa shape index (κ1) is 10.3. The van der Waals surface area contributed by atoms with Gasteiger partial charge in [-0.15, -0.1) is 0 Å². The fourth-order valence-corrected chi connectivity index (χ4v) is 0.851. The number of cyclic esters (lactones) is 2. The highest BCUT2D eigenvalue weighted by Crippen LogP contribution is 1.99. The fourth-order valence-electron chi connectivity index (χ4n) is 0.851. The van der Waals surface area contributed by atoms with Gasteiger partial charge >= 0.3 is 6.16 Å². The van der Waals surface area contributed by atoms with Crippen molar-refractivity contribution in [3.8, 4) is 0 Å². The normalized spacial score (nSPS) is 22.0. The van der Waals surface area contributed by atoms with Gasteiger partial charge in [0.1, 0.15) is 6.79 Å². The lowest BCUT2D eigenvalue weighted by atomic mass is 10.3. The predicted octanol–water partition coefficient (Wildman–Crippen LogP) is 0.924. The molecule has 2 aliphatic rings. The second-order valence-corrected chi connectivity index (χ2v) is 2.59. The molecule has 0 radical (unpaired) electrons. The maximum absolute atomic E-state index is 10.2. The number of carbonyl (C=O) groups excluding carboxylic acids is 1. The van der Waals surface area contributed by atoms with Gasteiger partial charge in [-0.2, -0.15) is 0 Å². The molecule has 0 spiro atoms. The van der Waals surface area contributed by atoms with Crippen LogP contribution in [0, 0.1) is 0 Å². The lowest BCUT2D eigenvalue weighted by Crippen LogP contribution is -2.02. The van der Waals surface area contributed by atoms with Crippen molar-refractivity contribution in [1.82, 2.24) is 0 Å². The van der Waals surface area contributed by atoms with Gasteiger partial charge in [0, 0.05) is 0 Å². The van der Waals surface area contributed by atoms with Crippen LogP contribution in [0.1, 0.15) is 12.8 Å². The highest BCUT2D eigenvalue weighted by molar-refractivity contribution is 5.59. The van der Waals surface area contributed by atoms with Crippen molar-refractivity contribution >= 4 is 6.16 Å². The van der Waals surface area contributed by atoms with Crippen LogP contribution in [0.25, 0.3) is 0 Å². The van der Waals surface area contributed by atoms with Gasteiger partial charge in [0.25, 0.3) is 0 Å². The SMILES string of the molecule is C1COCO1.O=C1OCCCCO1. The topological polar surface area (TPSA) is 54.0 Å². The standard InChI is InChI=1S/C5H8O3.C3H6O2/c6-5-7-3-1-2-4-8-5;1-2-5-3-4-1/h1-4H2;1-3H2. The average Bonchev–Trinajstić information content (AvgIpc) is 2.62. The third kappa shape index (κ3) is 5.43. The zero-order valence-corrected chi connectivity index (χ0v) is 7.49. The summed E-state index contributed by atoms with van der Waals surface area (Å²) in [6.45, 7) is 3.08. The van der Waals surface area contributed by atoms with Gasteiger partial charge in [-0.05, 0) is 12.8 Å². The zero-order chi connectivity index (χ0) is 9.36. The lowest BCUT2D eigenvalue weighted by Gasteiger charge is -1.94. The Hall–Kier alpha value is -0.810. The van der Waals surface area contributed by atoms with E-state index >= 15 is 0 Å². The summed E-state index contributed by atoms with van der Waals surface area (Å²) in [6.07, 6.45) is 1.32. The van der Waals surface area contributed by atoms with Crippen LogP contribution in [-0.4, -0.2) is 39.4 Å². The Balaban J connectivity index is 0.000000145. The molecule has 0 aromatic carbocycles. The van der Waals surface area contributed by atoms with Gasteiger partial charge in [-0.1, -0.05) is 0 Å². The maximum Gasteiger partial charge on any atom is 0.508 e. The van der Waals surface area contributed by atoms with E-state index in [4.69, 9.17) is 9.47 Å². The largest absolute Gasteiger partial charge is 0.508 e. The Bertz CT molecular complexity index is 126. The zero-order valence-electron chi connectivity index (χ0n) is 7.49. The molecule has 13 heavy (non-hydrogen) atoms. The lowest BCUT2D eigenvalue weighted by molar-refractivity contribution is 0.0691. The van der Waals surface area contributed by atoms with Crippen molar-refractivity contribution in [2.75, 3.05) is 33.2 Å². The molecule has 0 saturated carbocycles. The van der Waals surface area contributed by atoms with E-state index in [-0.39, 0.29) is 0 Å². The van der Waals surface area contributed by atoms with Crippen LogP contribution >= 0.6 is 0 Å². The van der Waals surface area contributed by atoms with E-state index in [9.17, 15) is 4.79 Å². The Morgan fingerprint density at radius 3 is 1.77 bits per heavy atom. The minimum Gasteiger partial charge on any atom is -0.434 e. The molecule has 5 nitrogen and oxygen atoms in total. The Morgan fingerprint density at radius 2 is 1.38 bits per heavy atom. The van der Waals surface area contributed by atoms with Crippen LogP contribution in [-0.2, 0) is 18.9 Å². The summed E-state index contributed by atoms with van der Waals surface area (Å²) in [5.74, 6) is 0. The molecule has 2 fully saturated rings. The highest BCUT2D eigenvalue weighted by atomic mass is 16.7. The summed E-state index contributed by atoms with van der Waals surface area (Å²) in [7, 11) is 0. The van der Waals surface area contributed by atoms with Gasteiger partial charge in [0.2, 0.25) is 0 Å². The van der Waals surface area contributed by atoms with Crippen molar-refractivity contribution in [3.63, 3.8) is 0 Å². The van der Waals surface area contributed by atoms with Crippen LogP contribution in [0.2, 0.25) is 0 Å². The number of carbonyl (C=O) groups is 1. The molecule has 0 unspecified atom stereocenters. The van der Waals surface area contributed by atoms with Crippen molar-refractivity contribution in [2.24, 2.45) is 0 Å². The van der Waals surface area contributed by atoms with E-state index in [2.05, 4.69) is 9.47 Å². The summed E-state index contributed by atoms with van der Waals surface area (Å²) in [5, 5.41) is 0. The third-order valence-electron chi connectivity index (χ3n) is 1.52. The third-order valence-corrected chi connectivity index (χ3v) is 1.52. The van der Waals surface area contributed by atoms with Crippen molar-refractivity contribution in [3.05, 3.63) is 0 Å². The summed E-state index contributed by atoms with van der Waals surface area (Å²) < 4.78 is 18.5. The minimum atomic E-state index is -0.525. The van der Waals surface area contributed by atoms with E-state index in [1.165, 1.54) is 0 Å². The van der Waals surface area contributed by atoms with Crippen molar-refractivity contribution in [1.29, 1.82) is 0 Å². The molecule has 0 atom stereocenters. The van der Waals surface area contributed by atoms with E-state index in [0.717, 1.165) is 26.1 Å². The van der Waals surface area contributed by atoms with Crippen LogP contribution in [0.3, 0.4) is 0 Å². The van der Waals surface area contributed by atoms with Gasteiger partial charge < -0.3 is 18.9 Å². The molecular formula is C8H14O5. The summed E-state index contributed by atoms with van der Waals surface area (Å²) in [5.41, 5.74) is 0. The number of hydrogen-bond donors (Lipinski definition) is 0. The van der Waals surface area contributed by atoms with E-state index in [1.807, 2.05) is 0 Å². The van der Waals surface area contributed by atoms with Crippen molar-refractivity contribution in [2.45, 2.75) is 12.8 Å². The molecule has 0 aromatic rings. The number of rotatable bonds is 0. The molecule has 5 heteroatoms. The first-order chi connectivity index (χ1) is 6.39. The van der Waals surface area contributed by atoms with Crippen LogP contribution in [0.15, 0.2) is 0 Å². The smallest absolute Gasteiger partial charge is 0.434 e. The summed E-state index contributed by atoms with van der Waals surface area (Å²) >= 11 is 0. The Labute approximate surface area is 76.9 Å². The molecule has 2 rings (SSSR count). The quantitative estimate of drug-likeness (QED) is 0.532. The van der Waals surface area contributed by atoms with Crippen molar-refractivity contribution < 1.29 is 23.7 Å². The first-order valence-corrected chi connectivity index (χ1v) is 4.34. The molecule has 2 heterocycles. The molecule has 0 bridgehead atoms. The summed E-state index contributed by atoms with van der Waals surface area (Å²) in [4.78, 5) is 10.2. The fraction of sp³-hybridized carbons (Fsp3) is 0.875. The second-order valence-electron chi connectivity index (χ2n) is 2.59. The number of hydrogen-bond acceptors (Lipinski definition) is 5. The van der Waals surface area contributed by atoms with E-state index in [1.54, 1.807) is 0 Å². The average molecular weight is 190 g/mol. The monoisotopic (exact) mass is 190 g/mol. The van der Waals surface area contributed by atoms with Gasteiger partial charge in [0.05, 0.1) is 26.4 Å². The second kappa shape index (κ2) is 6.68. The van der Waals surface area contributed by atoms with Crippen LogP contribution < -0.4 is 0 Å². The Kier molecular flexibility index (Phi) is 5.28. The van der Waals surface area contributed by atoms with E-state index < -0.39 is 6.16 Å². The van der Waals surface area contributed by atoms with Gasteiger partial charge in [-0.25, -0.2) is 4.79 Å². The number of ether oxygens (including phenoxy) is 4. The molecule has 0 N–H and O–H groups in total. The maximum atomic E-state index is 10.2. The minimum absolute atomic E-state index is 0.500. The van der Waals surface area contributed by atoms with Crippen LogP contribution in [0.4, 0.5) is 4.79 Å².